The van der Waals surface area contributed by atoms with Crippen LogP contribution in [0.25, 0.3) is 0 Å². The number of carbonyl (C=O) groups excluding carboxylic acids is 1. The summed E-state index contributed by atoms with van der Waals surface area (Å²) in [7, 11) is 0. The Morgan fingerprint density at radius 2 is 1.78 bits per heavy atom. The summed E-state index contributed by atoms with van der Waals surface area (Å²) in [5, 5.41) is 6.67. The van der Waals surface area contributed by atoms with Gasteiger partial charge in [-0.25, -0.2) is 0 Å². The highest BCUT2D eigenvalue weighted by molar-refractivity contribution is 7.99. The number of unbranched alkanes of at least 4 members (excludes halogenated alkanes) is 9. The molecule has 1 aliphatic rings. The number of hydrogen-bond donors (Lipinski definition) is 3. The summed E-state index contributed by atoms with van der Waals surface area (Å²) in [5.41, 5.74) is 7.77. The molecule has 0 aromatic heterocycles. The number of rotatable bonds is 13. The molecule has 5 heteroatoms. The van der Waals surface area contributed by atoms with Gasteiger partial charge in [0.1, 0.15) is 0 Å². The number of nitrogens with two attached hydrogens (primary N) is 1. The fraction of sp³-hybridized carbons (Fsp3) is 0.682. The van der Waals surface area contributed by atoms with E-state index in [9.17, 15) is 4.79 Å². The molecule has 0 saturated carbocycles. The maximum atomic E-state index is 12.3. The number of benzene rings is 1. The molecule has 1 amide bonds. The Bertz CT molecular complexity index is 552. The maximum absolute atomic E-state index is 12.3. The van der Waals surface area contributed by atoms with Crippen molar-refractivity contribution >= 4 is 23.4 Å². The Morgan fingerprint density at radius 1 is 1.11 bits per heavy atom. The fourth-order valence-corrected chi connectivity index (χ4v) is 4.72. The van der Waals surface area contributed by atoms with Crippen LogP contribution in [-0.4, -0.2) is 24.2 Å². The van der Waals surface area contributed by atoms with Crippen molar-refractivity contribution in [3.8, 4) is 0 Å². The zero-order valence-electron chi connectivity index (χ0n) is 16.8. The average molecular weight is 392 g/mol. The number of amides is 1. The molecule has 1 saturated heterocycles. The number of nitrogens with one attached hydrogen (secondary N) is 2. The van der Waals surface area contributed by atoms with Crippen LogP contribution in [0.1, 0.15) is 82.1 Å². The van der Waals surface area contributed by atoms with E-state index in [2.05, 4.69) is 23.6 Å². The molecule has 4 nitrogen and oxygen atoms in total. The van der Waals surface area contributed by atoms with E-state index in [1.165, 1.54) is 57.8 Å². The number of nitrogen functional groups attached to an aromatic ring is 1. The SMILES string of the molecule is CCCCCCCCCCCCNC(=O)[C@@H]1CSC(c2cccc(N)c2)N1. The second kappa shape index (κ2) is 13.1. The smallest absolute Gasteiger partial charge is 0.238 e. The van der Waals surface area contributed by atoms with E-state index in [0.717, 1.165) is 30.0 Å². The van der Waals surface area contributed by atoms with Gasteiger partial charge in [0.25, 0.3) is 0 Å². The van der Waals surface area contributed by atoms with E-state index in [0.29, 0.717) is 0 Å². The van der Waals surface area contributed by atoms with Crippen molar-refractivity contribution in [1.29, 1.82) is 0 Å². The van der Waals surface area contributed by atoms with E-state index >= 15 is 0 Å². The summed E-state index contributed by atoms with van der Waals surface area (Å²) in [5.74, 6) is 0.938. The minimum absolute atomic E-state index is 0.107. The summed E-state index contributed by atoms with van der Waals surface area (Å²) < 4.78 is 0. The van der Waals surface area contributed by atoms with Gasteiger partial charge < -0.3 is 11.1 Å². The first-order chi connectivity index (χ1) is 13.2. The van der Waals surface area contributed by atoms with Crippen LogP contribution in [-0.2, 0) is 4.79 Å². The van der Waals surface area contributed by atoms with Gasteiger partial charge in [0, 0.05) is 18.0 Å². The van der Waals surface area contributed by atoms with Gasteiger partial charge in [-0.3, -0.25) is 10.1 Å². The molecule has 27 heavy (non-hydrogen) atoms. The third kappa shape index (κ3) is 8.56. The average Bonchev–Trinajstić information content (AvgIpc) is 3.16. The van der Waals surface area contributed by atoms with Gasteiger partial charge in [0.2, 0.25) is 5.91 Å². The normalized spacial score (nSPS) is 19.3. The molecule has 0 radical (unpaired) electrons. The predicted molar refractivity (Wildman–Crippen MR) is 118 cm³/mol. The molecule has 1 fully saturated rings. The fourth-order valence-electron chi connectivity index (χ4n) is 3.48. The van der Waals surface area contributed by atoms with Gasteiger partial charge in [0.15, 0.2) is 0 Å². The van der Waals surface area contributed by atoms with Crippen molar-refractivity contribution in [3.63, 3.8) is 0 Å². The number of hydrogen-bond acceptors (Lipinski definition) is 4. The highest BCUT2D eigenvalue weighted by Crippen LogP contribution is 2.33. The lowest BCUT2D eigenvalue weighted by Crippen LogP contribution is -2.42. The lowest BCUT2D eigenvalue weighted by Gasteiger charge is -2.14. The van der Waals surface area contributed by atoms with Gasteiger partial charge in [-0.05, 0) is 24.1 Å². The first kappa shape index (κ1) is 22.1. The Kier molecular flexibility index (Phi) is 10.7. The van der Waals surface area contributed by atoms with Crippen molar-refractivity contribution in [2.75, 3.05) is 18.0 Å². The van der Waals surface area contributed by atoms with Crippen molar-refractivity contribution in [2.24, 2.45) is 0 Å². The Labute approximate surface area is 169 Å². The molecular weight excluding hydrogens is 354 g/mol. The quantitative estimate of drug-likeness (QED) is 0.327. The van der Waals surface area contributed by atoms with Crippen LogP contribution in [0, 0.1) is 0 Å². The molecule has 1 heterocycles. The molecule has 0 aliphatic carbocycles. The van der Waals surface area contributed by atoms with E-state index in [4.69, 9.17) is 5.73 Å². The highest BCUT2D eigenvalue weighted by atomic mass is 32.2. The summed E-state index contributed by atoms with van der Waals surface area (Å²) in [6.07, 6.45) is 13.2. The van der Waals surface area contributed by atoms with Gasteiger partial charge in [-0.15, -0.1) is 11.8 Å². The van der Waals surface area contributed by atoms with E-state index in [-0.39, 0.29) is 17.3 Å². The maximum Gasteiger partial charge on any atom is 0.238 e. The summed E-state index contributed by atoms with van der Waals surface area (Å²) in [6.45, 7) is 3.05. The largest absolute Gasteiger partial charge is 0.399 e. The molecule has 2 atom stereocenters. The molecule has 1 aromatic carbocycles. The number of thioether (sulfide) groups is 1. The highest BCUT2D eigenvalue weighted by Gasteiger charge is 2.30. The molecule has 2 rings (SSSR count). The monoisotopic (exact) mass is 391 g/mol. The second-order valence-corrected chi connectivity index (χ2v) is 8.71. The van der Waals surface area contributed by atoms with Gasteiger partial charge >= 0.3 is 0 Å². The third-order valence-electron chi connectivity index (χ3n) is 5.14. The topological polar surface area (TPSA) is 67.2 Å². The molecule has 1 aliphatic heterocycles. The Hall–Kier alpha value is -1.20. The third-order valence-corrected chi connectivity index (χ3v) is 6.41. The molecule has 152 valence electrons. The van der Waals surface area contributed by atoms with Crippen LogP contribution < -0.4 is 16.4 Å². The number of anilines is 1. The van der Waals surface area contributed by atoms with Crippen LogP contribution in [0.5, 0.6) is 0 Å². The minimum atomic E-state index is -0.107. The summed E-state index contributed by atoms with van der Waals surface area (Å²) in [4.78, 5) is 12.3. The van der Waals surface area contributed by atoms with Crippen molar-refractivity contribution < 1.29 is 4.79 Å². The second-order valence-electron chi connectivity index (χ2n) is 7.58. The van der Waals surface area contributed by atoms with Crippen molar-refractivity contribution in [3.05, 3.63) is 29.8 Å². The first-order valence-electron chi connectivity index (χ1n) is 10.7. The molecule has 1 aromatic rings. The molecule has 4 N–H and O–H groups in total. The van der Waals surface area contributed by atoms with Crippen LogP contribution in [0.4, 0.5) is 5.69 Å². The van der Waals surface area contributed by atoms with Gasteiger partial charge in [0.05, 0.1) is 11.4 Å². The van der Waals surface area contributed by atoms with E-state index in [1.807, 2.05) is 18.2 Å². The predicted octanol–water partition coefficient (Wildman–Crippen LogP) is 5.01. The standard InChI is InChI=1S/C22H37N3OS/c1-2-3-4-5-6-7-8-9-10-11-15-24-21(26)20-17-27-22(25-20)18-13-12-14-19(23)16-18/h12-14,16,20,22,25H,2-11,15,17,23H2,1H3,(H,24,26)/t20-,22?/m0/s1. The molecule has 0 spiro atoms. The summed E-state index contributed by atoms with van der Waals surface area (Å²) >= 11 is 1.77. The zero-order valence-corrected chi connectivity index (χ0v) is 17.7. The van der Waals surface area contributed by atoms with Gasteiger partial charge in [-0.1, -0.05) is 76.8 Å². The molecule has 0 bridgehead atoms. The van der Waals surface area contributed by atoms with Crippen LogP contribution in [0.2, 0.25) is 0 Å². The van der Waals surface area contributed by atoms with Crippen molar-refractivity contribution in [2.45, 2.75) is 82.5 Å². The van der Waals surface area contributed by atoms with Crippen LogP contribution in [0.15, 0.2) is 24.3 Å². The van der Waals surface area contributed by atoms with Crippen LogP contribution >= 0.6 is 11.8 Å². The first-order valence-corrected chi connectivity index (χ1v) is 11.8. The van der Waals surface area contributed by atoms with Crippen LogP contribution in [0.3, 0.4) is 0 Å². The molecular formula is C22H37N3OS. The zero-order chi connectivity index (χ0) is 19.3. The Morgan fingerprint density at radius 3 is 2.44 bits per heavy atom. The lowest BCUT2D eigenvalue weighted by atomic mass is 10.1. The van der Waals surface area contributed by atoms with E-state index in [1.54, 1.807) is 11.8 Å². The van der Waals surface area contributed by atoms with Gasteiger partial charge in [-0.2, -0.15) is 0 Å². The summed E-state index contributed by atoms with van der Waals surface area (Å²) in [6, 6.07) is 7.79. The van der Waals surface area contributed by atoms with E-state index < -0.39 is 0 Å². The molecule has 1 unspecified atom stereocenters. The van der Waals surface area contributed by atoms with Crippen molar-refractivity contribution in [1.82, 2.24) is 10.6 Å². The lowest BCUT2D eigenvalue weighted by molar-refractivity contribution is -0.122. The Balaban J connectivity index is 1.49. The minimum Gasteiger partial charge on any atom is -0.399 e. The number of carbonyl (C=O) groups is 1.